The molecule has 10 heteroatoms. The Morgan fingerprint density at radius 3 is 1.94 bits per heavy atom. The summed E-state index contributed by atoms with van der Waals surface area (Å²) in [5.41, 5.74) is 0.466. The Balaban J connectivity index is 1.79. The van der Waals surface area contributed by atoms with Gasteiger partial charge in [0.2, 0.25) is 10.0 Å². The number of piperidine rings is 1. The van der Waals surface area contributed by atoms with E-state index >= 15 is 0 Å². The molecule has 1 fully saturated rings. The maximum absolute atomic E-state index is 13.1. The molecule has 2 unspecified atom stereocenters. The highest BCUT2D eigenvalue weighted by molar-refractivity contribution is 7.92. The monoisotopic (exact) mass is 466 g/mol. The van der Waals surface area contributed by atoms with Gasteiger partial charge in [-0.3, -0.25) is 4.72 Å². The maximum atomic E-state index is 13.1. The molecule has 0 spiro atoms. The molecule has 1 N–H and O–H groups in total. The first-order valence-corrected chi connectivity index (χ1v) is 12.8. The van der Waals surface area contributed by atoms with Crippen molar-refractivity contribution < 1.29 is 26.4 Å². The lowest BCUT2D eigenvalue weighted by atomic mass is 10.0. The number of sulfonamides is 2. The minimum Gasteiger partial charge on any atom is -0.465 e. The van der Waals surface area contributed by atoms with Gasteiger partial charge in [-0.2, -0.15) is 4.31 Å². The molecule has 31 heavy (non-hydrogen) atoms. The molecule has 3 rings (SSSR count). The predicted molar refractivity (Wildman–Crippen MR) is 117 cm³/mol. The first-order valence-electron chi connectivity index (χ1n) is 9.91. The highest BCUT2D eigenvalue weighted by Gasteiger charge is 2.35. The molecule has 1 aliphatic rings. The number of rotatable bonds is 6. The second-order valence-electron chi connectivity index (χ2n) is 7.61. The van der Waals surface area contributed by atoms with Crippen LogP contribution in [-0.4, -0.2) is 46.3 Å². The molecule has 168 valence electrons. The molecule has 2 aromatic carbocycles. The van der Waals surface area contributed by atoms with Gasteiger partial charge >= 0.3 is 5.97 Å². The first-order chi connectivity index (χ1) is 14.6. The van der Waals surface area contributed by atoms with Gasteiger partial charge < -0.3 is 4.74 Å². The summed E-state index contributed by atoms with van der Waals surface area (Å²) in [4.78, 5) is 11.6. The number of esters is 1. The number of hydrogen-bond acceptors (Lipinski definition) is 6. The number of benzene rings is 2. The zero-order chi connectivity index (χ0) is 22.8. The van der Waals surface area contributed by atoms with E-state index in [2.05, 4.69) is 9.46 Å². The second-order valence-corrected chi connectivity index (χ2v) is 11.1. The Labute approximate surface area is 183 Å². The van der Waals surface area contributed by atoms with Crippen LogP contribution in [0.25, 0.3) is 0 Å². The fourth-order valence-electron chi connectivity index (χ4n) is 3.79. The molecule has 0 radical (unpaired) electrons. The van der Waals surface area contributed by atoms with Gasteiger partial charge in [-0.25, -0.2) is 21.6 Å². The third kappa shape index (κ3) is 4.91. The Kier molecular flexibility index (Phi) is 6.73. The average molecular weight is 467 g/mol. The number of carbonyl (C=O) groups excluding carboxylic acids is 1. The Bertz CT molecular complexity index is 1130. The zero-order valence-electron chi connectivity index (χ0n) is 17.6. The molecule has 0 bridgehead atoms. The summed E-state index contributed by atoms with van der Waals surface area (Å²) in [6.45, 7) is 3.81. The van der Waals surface area contributed by atoms with Crippen molar-refractivity contribution in [2.45, 2.75) is 55.0 Å². The normalized spacial score (nSPS) is 20.2. The van der Waals surface area contributed by atoms with Crippen LogP contribution in [0.3, 0.4) is 0 Å². The quantitative estimate of drug-likeness (QED) is 0.655. The molecule has 8 nitrogen and oxygen atoms in total. The standard InChI is InChI=1S/C21H26N2O6S2/c1-15-5-4-6-16(2)23(15)31(27,28)20-13-9-18(10-14-20)22-30(25,26)19-11-7-17(8-12-19)21(24)29-3/h7-16,22H,4-6H2,1-3H3. The Morgan fingerprint density at radius 2 is 1.42 bits per heavy atom. The number of nitrogens with one attached hydrogen (secondary N) is 1. The summed E-state index contributed by atoms with van der Waals surface area (Å²) < 4.78 is 60.0. The Morgan fingerprint density at radius 1 is 0.903 bits per heavy atom. The molecular weight excluding hydrogens is 440 g/mol. The van der Waals surface area contributed by atoms with Crippen molar-refractivity contribution in [2.24, 2.45) is 0 Å². The molecule has 0 amide bonds. The van der Waals surface area contributed by atoms with E-state index in [0.29, 0.717) is 0 Å². The lowest BCUT2D eigenvalue weighted by Gasteiger charge is -2.37. The van der Waals surface area contributed by atoms with E-state index in [1.807, 2.05) is 13.8 Å². The smallest absolute Gasteiger partial charge is 0.337 e. The van der Waals surface area contributed by atoms with Crippen molar-refractivity contribution in [3.05, 3.63) is 54.1 Å². The van der Waals surface area contributed by atoms with E-state index in [-0.39, 0.29) is 33.1 Å². The Hall–Kier alpha value is -2.43. The highest BCUT2D eigenvalue weighted by Crippen LogP contribution is 2.30. The number of hydrogen-bond donors (Lipinski definition) is 1. The SMILES string of the molecule is COC(=O)c1ccc(S(=O)(=O)Nc2ccc(S(=O)(=O)N3C(C)CCCC3C)cc2)cc1. The van der Waals surface area contributed by atoms with Crippen LogP contribution in [0, 0.1) is 0 Å². The average Bonchev–Trinajstić information content (AvgIpc) is 2.73. The van der Waals surface area contributed by atoms with Gasteiger partial charge in [-0.1, -0.05) is 6.42 Å². The van der Waals surface area contributed by atoms with E-state index in [1.165, 1.54) is 55.6 Å². The third-order valence-electron chi connectivity index (χ3n) is 5.38. The van der Waals surface area contributed by atoms with Crippen molar-refractivity contribution in [1.29, 1.82) is 0 Å². The molecule has 0 aliphatic carbocycles. The van der Waals surface area contributed by atoms with Crippen molar-refractivity contribution in [3.8, 4) is 0 Å². The van der Waals surface area contributed by atoms with Crippen molar-refractivity contribution in [2.75, 3.05) is 11.8 Å². The topological polar surface area (TPSA) is 110 Å². The molecule has 2 aromatic rings. The summed E-state index contributed by atoms with van der Waals surface area (Å²) in [7, 11) is -6.35. The van der Waals surface area contributed by atoms with Crippen molar-refractivity contribution in [3.63, 3.8) is 0 Å². The van der Waals surface area contributed by atoms with Crippen LogP contribution >= 0.6 is 0 Å². The summed E-state index contributed by atoms with van der Waals surface area (Å²) in [6, 6.07) is 10.8. The van der Waals surface area contributed by atoms with Crippen LogP contribution in [0.4, 0.5) is 5.69 Å². The second kappa shape index (κ2) is 8.97. The predicted octanol–water partition coefficient (Wildman–Crippen LogP) is 3.23. The van der Waals surface area contributed by atoms with Gasteiger partial charge in [0.05, 0.1) is 22.5 Å². The van der Waals surface area contributed by atoms with Gasteiger partial charge in [-0.05, 0) is 75.2 Å². The lowest BCUT2D eigenvalue weighted by Crippen LogP contribution is -2.47. The largest absolute Gasteiger partial charge is 0.465 e. The van der Waals surface area contributed by atoms with E-state index in [0.717, 1.165) is 19.3 Å². The van der Waals surface area contributed by atoms with Gasteiger partial charge in [0.1, 0.15) is 0 Å². The van der Waals surface area contributed by atoms with Crippen LogP contribution < -0.4 is 4.72 Å². The summed E-state index contributed by atoms with van der Waals surface area (Å²) >= 11 is 0. The maximum Gasteiger partial charge on any atom is 0.337 e. The van der Waals surface area contributed by atoms with Gasteiger partial charge in [0.25, 0.3) is 10.0 Å². The number of carbonyl (C=O) groups is 1. The van der Waals surface area contributed by atoms with Crippen LogP contribution in [0.2, 0.25) is 0 Å². The van der Waals surface area contributed by atoms with Crippen LogP contribution in [-0.2, 0) is 24.8 Å². The summed E-state index contributed by atoms with van der Waals surface area (Å²) in [5.74, 6) is -0.564. The fourth-order valence-corrected chi connectivity index (χ4v) is 6.73. The molecule has 1 aliphatic heterocycles. The third-order valence-corrected chi connectivity index (χ3v) is 8.92. The molecule has 0 saturated carbocycles. The number of methoxy groups -OCH3 is 1. The van der Waals surface area contributed by atoms with E-state index in [1.54, 1.807) is 4.31 Å². The number of anilines is 1. The van der Waals surface area contributed by atoms with Crippen LogP contribution in [0.5, 0.6) is 0 Å². The number of nitrogens with zero attached hydrogens (tertiary/aromatic N) is 1. The molecule has 2 atom stereocenters. The minimum atomic E-state index is -3.91. The van der Waals surface area contributed by atoms with Crippen LogP contribution in [0.15, 0.2) is 58.3 Å². The van der Waals surface area contributed by atoms with Gasteiger partial charge in [0, 0.05) is 17.8 Å². The summed E-state index contributed by atoms with van der Waals surface area (Å²) in [5, 5.41) is 0. The lowest BCUT2D eigenvalue weighted by molar-refractivity contribution is 0.0600. The van der Waals surface area contributed by atoms with Crippen molar-refractivity contribution >= 4 is 31.7 Å². The van der Waals surface area contributed by atoms with Crippen molar-refractivity contribution in [1.82, 2.24) is 4.31 Å². The van der Waals surface area contributed by atoms with E-state index in [4.69, 9.17) is 0 Å². The number of ether oxygens (including phenoxy) is 1. The first kappa shape index (κ1) is 23.2. The highest BCUT2D eigenvalue weighted by atomic mass is 32.2. The zero-order valence-corrected chi connectivity index (χ0v) is 19.2. The van der Waals surface area contributed by atoms with E-state index in [9.17, 15) is 21.6 Å². The molecule has 0 aromatic heterocycles. The molecule has 1 heterocycles. The van der Waals surface area contributed by atoms with E-state index < -0.39 is 26.0 Å². The molecule has 1 saturated heterocycles. The summed E-state index contributed by atoms with van der Waals surface area (Å²) in [6.07, 6.45) is 2.63. The fraction of sp³-hybridized carbons (Fsp3) is 0.381. The van der Waals surface area contributed by atoms with Gasteiger partial charge in [0.15, 0.2) is 0 Å². The molecular formula is C21H26N2O6S2. The minimum absolute atomic E-state index is 0.0344. The van der Waals surface area contributed by atoms with Gasteiger partial charge in [-0.15, -0.1) is 0 Å². The van der Waals surface area contributed by atoms with Crippen LogP contribution in [0.1, 0.15) is 43.5 Å².